The molecule has 1 heterocycles. The first kappa shape index (κ1) is 22.6. The third-order valence-electron chi connectivity index (χ3n) is 4.63. The van der Waals surface area contributed by atoms with Crippen molar-refractivity contribution in [1.82, 2.24) is 13.9 Å². The molecule has 0 saturated carbocycles. The second-order valence-electron chi connectivity index (χ2n) is 7.11. The highest BCUT2D eigenvalue weighted by Gasteiger charge is 2.20. The molecule has 0 N–H and O–H groups in total. The van der Waals surface area contributed by atoms with Crippen LogP contribution in [-0.4, -0.2) is 42.3 Å². The van der Waals surface area contributed by atoms with Gasteiger partial charge in [0.05, 0.1) is 15.9 Å². The van der Waals surface area contributed by atoms with E-state index in [9.17, 15) is 17.6 Å². The Morgan fingerprint density at radius 1 is 1.23 bits per heavy atom. The molecule has 0 atom stereocenters. The standard InChI is InChI=1S/C22H24FN3O4S/c1-4-12-26-20-10-9-18(31(28,29)25(2)3)14-19(20)24-21(26)15-30-22(27)11-8-16-6-5-7-17(23)13-16/h5-11,13-14H,4,12,15H2,1-3H3/b11-8+. The van der Waals surface area contributed by atoms with Crippen molar-refractivity contribution in [3.63, 3.8) is 0 Å². The molecule has 3 rings (SSSR count). The maximum Gasteiger partial charge on any atom is 0.331 e. The van der Waals surface area contributed by atoms with Crippen molar-refractivity contribution < 1.29 is 22.3 Å². The van der Waals surface area contributed by atoms with Crippen LogP contribution in [0.2, 0.25) is 0 Å². The summed E-state index contributed by atoms with van der Waals surface area (Å²) in [7, 11) is -0.645. The fourth-order valence-electron chi connectivity index (χ4n) is 3.07. The number of benzene rings is 2. The smallest absolute Gasteiger partial charge is 0.331 e. The van der Waals surface area contributed by atoms with Crippen LogP contribution >= 0.6 is 0 Å². The monoisotopic (exact) mass is 445 g/mol. The number of aryl methyl sites for hydroxylation is 1. The van der Waals surface area contributed by atoms with Gasteiger partial charge in [0, 0.05) is 26.7 Å². The number of hydrogen-bond acceptors (Lipinski definition) is 5. The summed E-state index contributed by atoms with van der Waals surface area (Å²) in [4.78, 5) is 16.7. The van der Waals surface area contributed by atoms with Crippen molar-refractivity contribution >= 4 is 33.1 Å². The molecule has 3 aromatic rings. The Morgan fingerprint density at radius 3 is 2.68 bits per heavy atom. The average Bonchev–Trinajstić information content (AvgIpc) is 3.07. The summed E-state index contributed by atoms with van der Waals surface area (Å²) in [5, 5.41) is 0. The molecule has 0 unspecified atom stereocenters. The number of hydrogen-bond donors (Lipinski definition) is 0. The maximum absolute atomic E-state index is 13.2. The quantitative estimate of drug-likeness (QED) is 0.391. The molecule has 164 valence electrons. The number of imidazole rings is 1. The van der Waals surface area contributed by atoms with E-state index in [-0.39, 0.29) is 17.3 Å². The maximum atomic E-state index is 13.2. The number of esters is 1. The summed E-state index contributed by atoms with van der Waals surface area (Å²) < 4.78 is 46.4. The lowest BCUT2D eigenvalue weighted by atomic mass is 10.2. The van der Waals surface area contributed by atoms with Gasteiger partial charge >= 0.3 is 5.97 Å². The lowest BCUT2D eigenvalue weighted by molar-refractivity contribution is -0.139. The van der Waals surface area contributed by atoms with E-state index in [4.69, 9.17) is 4.74 Å². The van der Waals surface area contributed by atoms with E-state index in [0.29, 0.717) is 23.4 Å². The molecular formula is C22H24FN3O4S. The molecule has 2 aromatic carbocycles. The summed E-state index contributed by atoms with van der Waals surface area (Å²) in [6.07, 6.45) is 3.52. The highest BCUT2D eigenvalue weighted by molar-refractivity contribution is 7.89. The van der Waals surface area contributed by atoms with Gasteiger partial charge in [-0.15, -0.1) is 0 Å². The Hall–Kier alpha value is -3.04. The summed E-state index contributed by atoms with van der Waals surface area (Å²) >= 11 is 0. The third-order valence-corrected chi connectivity index (χ3v) is 6.44. The number of carbonyl (C=O) groups is 1. The molecule has 0 fully saturated rings. The predicted molar refractivity (Wildman–Crippen MR) is 116 cm³/mol. The molecule has 0 spiro atoms. The Kier molecular flexibility index (Phi) is 6.87. The minimum Gasteiger partial charge on any atom is -0.454 e. The molecule has 0 radical (unpaired) electrons. The van der Waals surface area contributed by atoms with Crippen LogP contribution in [0.5, 0.6) is 0 Å². The highest BCUT2D eigenvalue weighted by Crippen LogP contribution is 2.23. The molecule has 0 bridgehead atoms. The average molecular weight is 446 g/mol. The van der Waals surface area contributed by atoms with Gasteiger partial charge in [-0.2, -0.15) is 0 Å². The van der Waals surface area contributed by atoms with E-state index in [2.05, 4.69) is 4.98 Å². The zero-order valence-electron chi connectivity index (χ0n) is 17.6. The lowest BCUT2D eigenvalue weighted by Gasteiger charge is -2.11. The molecule has 0 saturated heterocycles. The molecule has 0 aliphatic rings. The molecule has 0 amide bonds. The normalized spacial score (nSPS) is 12.2. The van der Waals surface area contributed by atoms with Crippen molar-refractivity contribution in [3.8, 4) is 0 Å². The van der Waals surface area contributed by atoms with E-state index in [1.807, 2.05) is 11.5 Å². The number of aromatic nitrogens is 2. The minimum absolute atomic E-state index is 0.0727. The fourth-order valence-corrected chi connectivity index (χ4v) is 3.99. The van der Waals surface area contributed by atoms with Gasteiger partial charge < -0.3 is 9.30 Å². The van der Waals surface area contributed by atoms with E-state index in [0.717, 1.165) is 16.2 Å². The topological polar surface area (TPSA) is 81.5 Å². The van der Waals surface area contributed by atoms with Crippen LogP contribution in [-0.2, 0) is 32.7 Å². The van der Waals surface area contributed by atoms with E-state index in [1.165, 1.54) is 44.4 Å². The Balaban J connectivity index is 1.82. The lowest BCUT2D eigenvalue weighted by Crippen LogP contribution is -2.22. The van der Waals surface area contributed by atoms with Gasteiger partial charge in [0.25, 0.3) is 0 Å². The fraction of sp³-hybridized carbons (Fsp3) is 0.273. The molecular weight excluding hydrogens is 421 g/mol. The van der Waals surface area contributed by atoms with E-state index in [1.54, 1.807) is 24.3 Å². The third kappa shape index (κ3) is 5.18. The first-order valence-electron chi connectivity index (χ1n) is 9.74. The van der Waals surface area contributed by atoms with Gasteiger partial charge in [-0.1, -0.05) is 19.1 Å². The largest absolute Gasteiger partial charge is 0.454 e. The molecule has 1 aromatic heterocycles. The van der Waals surface area contributed by atoms with Crippen LogP contribution in [0, 0.1) is 5.82 Å². The summed E-state index contributed by atoms with van der Waals surface area (Å²) in [5.41, 5.74) is 1.82. The van der Waals surface area contributed by atoms with Gasteiger partial charge in [0.1, 0.15) is 18.2 Å². The minimum atomic E-state index is -3.58. The number of fused-ring (bicyclic) bond motifs is 1. The predicted octanol–water partition coefficient (Wildman–Crippen LogP) is 3.59. The molecule has 0 aliphatic heterocycles. The number of rotatable bonds is 8. The molecule has 0 aliphatic carbocycles. The second-order valence-corrected chi connectivity index (χ2v) is 9.27. The van der Waals surface area contributed by atoms with Crippen LogP contribution in [0.4, 0.5) is 4.39 Å². The van der Waals surface area contributed by atoms with Crippen molar-refractivity contribution in [2.45, 2.75) is 31.4 Å². The zero-order chi connectivity index (χ0) is 22.6. The van der Waals surface area contributed by atoms with E-state index < -0.39 is 16.0 Å². The van der Waals surface area contributed by atoms with Gasteiger partial charge in [0.2, 0.25) is 10.0 Å². The van der Waals surface area contributed by atoms with Gasteiger partial charge in [-0.05, 0) is 48.4 Å². The van der Waals surface area contributed by atoms with Gasteiger partial charge in [0.15, 0.2) is 0 Å². The summed E-state index contributed by atoms with van der Waals surface area (Å²) in [6.45, 7) is 2.58. The number of ether oxygens (including phenoxy) is 1. The molecule has 7 nitrogen and oxygen atoms in total. The highest BCUT2D eigenvalue weighted by atomic mass is 32.2. The number of halogens is 1. The zero-order valence-corrected chi connectivity index (χ0v) is 18.4. The second kappa shape index (κ2) is 9.40. The SMILES string of the molecule is CCCn1c(COC(=O)/C=C/c2cccc(F)c2)nc2cc(S(=O)(=O)N(C)C)ccc21. The van der Waals surface area contributed by atoms with Gasteiger partial charge in [-0.25, -0.2) is 26.9 Å². The van der Waals surface area contributed by atoms with Crippen LogP contribution in [0.3, 0.4) is 0 Å². The first-order chi connectivity index (χ1) is 14.7. The number of nitrogens with zero attached hydrogens (tertiary/aromatic N) is 3. The van der Waals surface area contributed by atoms with Crippen molar-refractivity contribution in [3.05, 3.63) is 65.7 Å². The summed E-state index contributed by atoms with van der Waals surface area (Å²) in [6, 6.07) is 10.6. The Morgan fingerprint density at radius 2 is 2.00 bits per heavy atom. The number of sulfonamides is 1. The van der Waals surface area contributed by atoms with Gasteiger partial charge in [-0.3, -0.25) is 0 Å². The summed E-state index contributed by atoms with van der Waals surface area (Å²) in [5.74, 6) is -0.460. The van der Waals surface area contributed by atoms with Crippen molar-refractivity contribution in [2.24, 2.45) is 0 Å². The Labute approximate surface area is 180 Å². The van der Waals surface area contributed by atoms with Crippen LogP contribution in [0.1, 0.15) is 24.7 Å². The number of carbonyl (C=O) groups excluding carboxylic acids is 1. The van der Waals surface area contributed by atoms with Crippen molar-refractivity contribution in [1.29, 1.82) is 0 Å². The van der Waals surface area contributed by atoms with Crippen LogP contribution in [0.25, 0.3) is 17.1 Å². The van der Waals surface area contributed by atoms with E-state index >= 15 is 0 Å². The Bertz CT molecular complexity index is 1230. The molecule has 9 heteroatoms. The van der Waals surface area contributed by atoms with Crippen LogP contribution < -0.4 is 0 Å². The van der Waals surface area contributed by atoms with Crippen molar-refractivity contribution in [2.75, 3.05) is 14.1 Å². The first-order valence-corrected chi connectivity index (χ1v) is 11.2. The molecule has 31 heavy (non-hydrogen) atoms. The van der Waals surface area contributed by atoms with Crippen LogP contribution in [0.15, 0.2) is 53.4 Å².